The molecule has 1 unspecified atom stereocenters. The number of carbonyl (C=O) groups excluding carboxylic acids is 2. The summed E-state index contributed by atoms with van der Waals surface area (Å²) < 4.78 is 15.2. The molecule has 2 aromatic carbocycles. The second kappa shape index (κ2) is 8.05. The first kappa shape index (κ1) is 19.1. The van der Waals surface area contributed by atoms with Gasteiger partial charge in [0, 0.05) is 23.2 Å². The van der Waals surface area contributed by atoms with Gasteiger partial charge in [0.25, 0.3) is 11.8 Å². The summed E-state index contributed by atoms with van der Waals surface area (Å²) in [5.41, 5.74) is 2.51. The molecule has 2 amide bonds. The summed E-state index contributed by atoms with van der Waals surface area (Å²) in [7, 11) is -0.421. The number of nitrogens with one attached hydrogen (secondary N) is 2. The van der Waals surface area contributed by atoms with Crippen molar-refractivity contribution in [1.82, 2.24) is 9.29 Å². The summed E-state index contributed by atoms with van der Waals surface area (Å²) in [5.74, 6) is -0.719. The van der Waals surface area contributed by atoms with Gasteiger partial charge >= 0.3 is 0 Å². The van der Waals surface area contributed by atoms with Crippen LogP contribution in [0.1, 0.15) is 33.3 Å². The minimum Gasteiger partial charge on any atom is -0.352 e. The number of halogens is 1. The molecule has 0 saturated carbocycles. The molecule has 3 aromatic rings. The molecular weight excluding hydrogens is 389 g/mol. The molecular formula is C22H20FN3O2S. The van der Waals surface area contributed by atoms with Gasteiger partial charge in [0.2, 0.25) is 0 Å². The molecule has 2 N–H and O–H groups in total. The van der Waals surface area contributed by atoms with E-state index in [4.69, 9.17) is 0 Å². The molecule has 29 heavy (non-hydrogen) atoms. The maximum Gasteiger partial charge on any atom is 0.273 e. The number of hydrogen-bond donors (Lipinski definition) is 2. The predicted octanol–water partition coefficient (Wildman–Crippen LogP) is 4.08. The Labute approximate surface area is 170 Å². The Morgan fingerprint density at radius 2 is 2.07 bits per heavy atom. The Kier molecular flexibility index (Phi) is 5.31. The first-order chi connectivity index (χ1) is 14.1. The second-order valence-corrected chi connectivity index (χ2v) is 8.50. The van der Waals surface area contributed by atoms with Gasteiger partial charge in [0.15, 0.2) is 0 Å². The number of anilines is 1. The maximum absolute atomic E-state index is 13.3. The highest BCUT2D eigenvalue weighted by atomic mass is 32.2. The van der Waals surface area contributed by atoms with Crippen molar-refractivity contribution < 1.29 is 14.0 Å². The molecule has 0 bridgehead atoms. The van der Waals surface area contributed by atoms with E-state index in [-0.39, 0.29) is 17.6 Å². The molecule has 148 valence electrons. The number of rotatable bonds is 4. The van der Waals surface area contributed by atoms with Crippen LogP contribution in [0.4, 0.5) is 10.1 Å². The van der Waals surface area contributed by atoms with Gasteiger partial charge in [-0.25, -0.2) is 4.39 Å². The molecule has 1 atom stereocenters. The molecule has 7 heteroatoms. The highest BCUT2D eigenvalue weighted by Gasteiger charge is 2.22. The molecule has 5 nitrogen and oxygen atoms in total. The SMILES string of the molecule is C/C=S1/c2ccc(C(=O)NCCc3cccc(F)c3)cc2NC(=O)c2cccn21. The zero-order valence-electron chi connectivity index (χ0n) is 15.8. The van der Waals surface area contributed by atoms with Crippen LogP contribution in [0.3, 0.4) is 0 Å². The number of fused-ring (bicyclic) bond motifs is 2. The smallest absolute Gasteiger partial charge is 0.273 e. The second-order valence-electron chi connectivity index (χ2n) is 6.57. The topological polar surface area (TPSA) is 63.1 Å². The summed E-state index contributed by atoms with van der Waals surface area (Å²) in [6.07, 6.45) is 2.43. The number of hydrogen-bond acceptors (Lipinski definition) is 2. The molecule has 0 radical (unpaired) electrons. The third-order valence-electron chi connectivity index (χ3n) is 4.68. The van der Waals surface area contributed by atoms with E-state index in [1.54, 1.807) is 24.3 Å². The minimum absolute atomic E-state index is 0.197. The van der Waals surface area contributed by atoms with Gasteiger partial charge in [-0.05, 0) is 66.7 Å². The number of benzene rings is 2. The lowest BCUT2D eigenvalue weighted by molar-refractivity contribution is 0.0952. The van der Waals surface area contributed by atoms with Crippen LogP contribution in [0.25, 0.3) is 0 Å². The van der Waals surface area contributed by atoms with Crippen molar-refractivity contribution in [3.63, 3.8) is 0 Å². The van der Waals surface area contributed by atoms with Crippen molar-refractivity contribution >= 4 is 33.5 Å². The lowest BCUT2D eigenvalue weighted by Gasteiger charge is -2.13. The van der Waals surface area contributed by atoms with Crippen LogP contribution in [-0.4, -0.2) is 27.7 Å². The van der Waals surface area contributed by atoms with Crippen LogP contribution in [0.15, 0.2) is 65.7 Å². The minimum atomic E-state index is -0.421. The van der Waals surface area contributed by atoms with E-state index in [1.807, 2.05) is 40.7 Å². The fraction of sp³-hybridized carbons (Fsp3) is 0.136. The van der Waals surface area contributed by atoms with E-state index in [0.717, 1.165) is 10.5 Å². The first-order valence-corrected chi connectivity index (χ1v) is 10.5. The van der Waals surface area contributed by atoms with Crippen molar-refractivity contribution in [2.45, 2.75) is 18.2 Å². The molecule has 1 aliphatic heterocycles. The van der Waals surface area contributed by atoms with E-state index < -0.39 is 10.7 Å². The van der Waals surface area contributed by atoms with Gasteiger partial charge in [0.1, 0.15) is 11.5 Å². The maximum atomic E-state index is 13.3. The van der Waals surface area contributed by atoms with E-state index in [2.05, 4.69) is 10.6 Å². The average Bonchev–Trinajstić information content (AvgIpc) is 3.15. The van der Waals surface area contributed by atoms with Crippen molar-refractivity contribution in [2.24, 2.45) is 0 Å². The van der Waals surface area contributed by atoms with Gasteiger partial charge < -0.3 is 10.6 Å². The highest BCUT2D eigenvalue weighted by molar-refractivity contribution is 8.13. The summed E-state index contributed by atoms with van der Waals surface area (Å²) in [6, 6.07) is 15.3. The quantitative estimate of drug-likeness (QED) is 0.638. The molecule has 0 spiro atoms. The zero-order valence-corrected chi connectivity index (χ0v) is 16.6. The number of amides is 2. The van der Waals surface area contributed by atoms with Gasteiger partial charge in [-0.1, -0.05) is 22.8 Å². The number of nitrogens with zero attached hydrogens (tertiary/aromatic N) is 1. The van der Waals surface area contributed by atoms with Gasteiger partial charge in [-0.15, -0.1) is 0 Å². The lowest BCUT2D eigenvalue weighted by Crippen LogP contribution is -2.25. The van der Waals surface area contributed by atoms with E-state index >= 15 is 0 Å². The molecule has 0 saturated heterocycles. The standard InChI is InChI=1S/C22H20FN3O2S/c1-2-29-20-9-8-16(14-18(20)25-22(28)19-7-4-12-26(19)29)21(27)24-11-10-15-5-3-6-17(23)13-15/h2-9,12-14H,10-11H2,1H3,(H,24,27)(H,25,28). The molecule has 0 fully saturated rings. The summed E-state index contributed by atoms with van der Waals surface area (Å²) in [6.45, 7) is 2.35. The highest BCUT2D eigenvalue weighted by Crippen LogP contribution is 2.38. The summed E-state index contributed by atoms with van der Waals surface area (Å²) in [5, 5.41) is 7.81. The zero-order chi connectivity index (χ0) is 20.4. The third kappa shape index (κ3) is 3.86. The average molecular weight is 409 g/mol. The number of carbonyl (C=O) groups is 2. The molecule has 1 aromatic heterocycles. The van der Waals surface area contributed by atoms with Crippen LogP contribution < -0.4 is 10.6 Å². The van der Waals surface area contributed by atoms with Crippen LogP contribution in [0.5, 0.6) is 0 Å². The van der Waals surface area contributed by atoms with Crippen LogP contribution in [0.2, 0.25) is 0 Å². The van der Waals surface area contributed by atoms with E-state index in [0.29, 0.717) is 29.9 Å². The Bertz CT molecular complexity index is 1140. The third-order valence-corrected chi connectivity index (χ3v) is 6.68. The van der Waals surface area contributed by atoms with Crippen LogP contribution >= 0.6 is 10.7 Å². The van der Waals surface area contributed by atoms with E-state index in [1.165, 1.54) is 12.1 Å². The molecule has 0 aliphatic carbocycles. The Morgan fingerprint density at radius 3 is 2.86 bits per heavy atom. The Balaban J connectivity index is 1.52. The van der Waals surface area contributed by atoms with Crippen molar-refractivity contribution in [2.75, 3.05) is 11.9 Å². The largest absolute Gasteiger partial charge is 0.352 e. The normalized spacial score (nSPS) is 15.2. The van der Waals surface area contributed by atoms with Crippen molar-refractivity contribution in [1.29, 1.82) is 0 Å². The van der Waals surface area contributed by atoms with Gasteiger partial charge in [-0.3, -0.25) is 13.6 Å². The fourth-order valence-electron chi connectivity index (χ4n) is 3.31. The first-order valence-electron chi connectivity index (χ1n) is 9.25. The summed E-state index contributed by atoms with van der Waals surface area (Å²) >= 11 is 0. The van der Waals surface area contributed by atoms with Gasteiger partial charge in [-0.2, -0.15) is 0 Å². The summed E-state index contributed by atoms with van der Waals surface area (Å²) in [4.78, 5) is 26.1. The van der Waals surface area contributed by atoms with Crippen LogP contribution in [-0.2, 0) is 6.42 Å². The molecule has 4 rings (SSSR count). The molecule has 1 aliphatic rings. The number of aromatic nitrogens is 1. The molecule has 2 heterocycles. The Morgan fingerprint density at radius 1 is 1.21 bits per heavy atom. The van der Waals surface area contributed by atoms with Crippen LogP contribution in [0, 0.1) is 5.82 Å². The van der Waals surface area contributed by atoms with Crippen molar-refractivity contribution in [3.8, 4) is 0 Å². The van der Waals surface area contributed by atoms with Gasteiger partial charge in [0.05, 0.1) is 5.69 Å². The lowest BCUT2D eigenvalue weighted by atomic mass is 10.1. The van der Waals surface area contributed by atoms with E-state index in [9.17, 15) is 14.0 Å². The fourth-order valence-corrected chi connectivity index (χ4v) is 5.11. The Hall–Kier alpha value is -3.19. The van der Waals surface area contributed by atoms with Crippen molar-refractivity contribution in [3.05, 3.63) is 83.4 Å². The monoisotopic (exact) mass is 409 g/mol. The predicted molar refractivity (Wildman–Crippen MR) is 114 cm³/mol.